The van der Waals surface area contributed by atoms with Crippen molar-refractivity contribution >= 4 is 0 Å². The highest BCUT2D eigenvalue weighted by Crippen LogP contribution is 2.32. The normalized spacial score (nSPS) is 24.0. The van der Waals surface area contributed by atoms with Gasteiger partial charge in [-0.15, -0.1) is 0 Å². The zero-order chi connectivity index (χ0) is 13.9. The second-order valence-electron chi connectivity index (χ2n) is 5.99. The summed E-state index contributed by atoms with van der Waals surface area (Å²) in [6.45, 7) is 2.95. The molecule has 2 aliphatic carbocycles. The largest absolute Gasteiger partial charge is 0.306 e. The van der Waals surface area contributed by atoms with Gasteiger partial charge in [0.25, 0.3) is 0 Å². The maximum atomic E-state index is 13.6. The van der Waals surface area contributed by atoms with E-state index in [0.717, 1.165) is 18.0 Å². The van der Waals surface area contributed by atoms with Gasteiger partial charge >= 0.3 is 0 Å². The van der Waals surface area contributed by atoms with E-state index in [1.807, 2.05) is 19.1 Å². The molecule has 2 heteroatoms. The number of nitrogens with one attached hydrogen (secondary N) is 1. The van der Waals surface area contributed by atoms with Crippen molar-refractivity contribution in [2.45, 2.75) is 38.4 Å². The number of halogens is 1. The first kappa shape index (κ1) is 13.6. The first-order valence-electron chi connectivity index (χ1n) is 7.54. The van der Waals surface area contributed by atoms with Crippen molar-refractivity contribution < 1.29 is 4.39 Å². The summed E-state index contributed by atoms with van der Waals surface area (Å²) in [5, 5.41) is 3.67. The molecule has 0 heterocycles. The average Bonchev–Trinajstić information content (AvgIpc) is 3.28. The van der Waals surface area contributed by atoms with E-state index in [9.17, 15) is 4.39 Å². The van der Waals surface area contributed by atoms with Crippen LogP contribution in [0.2, 0.25) is 0 Å². The molecule has 1 aromatic carbocycles. The molecule has 1 aromatic rings. The Labute approximate surface area is 120 Å². The highest BCUT2D eigenvalue weighted by Gasteiger charge is 2.25. The van der Waals surface area contributed by atoms with Crippen LogP contribution in [0.25, 0.3) is 0 Å². The Bertz CT molecular complexity index is 513. The van der Waals surface area contributed by atoms with Crippen LogP contribution in [0.5, 0.6) is 0 Å². The Morgan fingerprint density at radius 1 is 1.25 bits per heavy atom. The van der Waals surface area contributed by atoms with Gasteiger partial charge in [-0.2, -0.15) is 0 Å². The van der Waals surface area contributed by atoms with E-state index in [4.69, 9.17) is 0 Å². The summed E-state index contributed by atoms with van der Waals surface area (Å²) in [6, 6.07) is 10.7. The molecule has 3 rings (SSSR count). The minimum absolute atomic E-state index is 0.194. The van der Waals surface area contributed by atoms with Crippen molar-refractivity contribution in [1.82, 2.24) is 5.32 Å². The molecule has 1 N–H and O–H groups in total. The number of rotatable bonds is 5. The number of allylic oxidation sites excluding steroid dienone is 2. The van der Waals surface area contributed by atoms with E-state index in [1.54, 1.807) is 0 Å². The fourth-order valence-electron chi connectivity index (χ4n) is 2.72. The first-order valence-corrected chi connectivity index (χ1v) is 7.54. The van der Waals surface area contributed by atoms with Crippen molar-refractivity contribution in [2.24, 2.45) is 5.92 Å². The average molecular weight is 271 g/mol. The second-order valence-corrected chi connectivity index (χ2v) is 5.99. The molecule has 0 aromatic heterocycles. The molecule has 0 radical (unpaired) electrons. The summed E-state index contributed by atoms with van der Waals surface area (Å²) < 4.78 is 13.6. The van der Waals surface area contributed by atoms with E-state index in [2.05, 4.69) is 35.7 Å². The SMILES string of the molecule is CC1=CC(C(NCC2CC2)c2ccccc2)=CCC1F. The molecule has 0 bridgehead atoms. The van der Waals surface area contributed by atoms with Gasteiger partial charge in [0.1, 0.15) is 6.17 Å². The van der Waals surface area contributed by atoms with Crippen LogP contribution < -0.4 is 5.32 Å². The summed E-state index contributed by atoms with van der Waals surface area (Å²) in [5.74, 6) is 0.837. The summed E-state index contributed by atoms with van der Waals surface area (Å²) >= 11 is 0. The lowest BCUT2D eigenvalue weighted by atomic mass is 9.90. The molecular weight excluding hydrogens is 249 g/mol. The van der Waals surface area contributed by atoms with E-state index in [0.29, 0.717) is 6.42 Å². The number of alkyl halides is 1. The molecule has 1 fully saturated rings. The van der Waals surface area contributed by atoms with Gasteiger partial charge in [0.05, 0.1) is 6.04 Å². The van der Waals surface area contributed by atoms with Crippen LogP contribution in [-0.4, -0.2) is 12.7 Å². The van der Waals surface area contributed by atoms with Crippen molar-refractivity contribution in [1.29, 1.82) is 0 Å². The summed E-state index contributed by atoms with van der Waals surface area (Å²) in [6.07, 6.45) is 6.45. The van der Waals surface area contributed by atoms with Crippen LogP contribution >= 0.6 is 0 Å². The quantitative estimate of drug-likeness (QED) is 0.840. The van der Waals surface area contributed by atoms with Gasteiger partial charge in [-0.25, -0.2) is 4.39 Å². The van der Waals surface area contributed by atoms with E-state index >= 15 is 0 Å². The summed E-state index contributed by atoms with van der Waals surface area (Å²) in [4.78, 5) is 0. The van der Waals surface area contributed by atoms with Gasteiger partial charge in [-0.3, -0.25) is 0 Å². The van der Waals surface area contributed by atoms with Crippen LogP contribution in [0.3, 0.4) is 0 Å². The third kappa shape index (κ3) is 3.18. The fourth-order valence-corrected chi connectivity index (χ4v) is 2.72. The zero-order valence-electron chi connectivity index (χ0n) is 12.0. The van der Waals surface area contributed by atoms with Crippen molar-refractivity contribution in [3.63, 3.8) is 0 Å². The maximum absolute atomic E-state index is 13.6. The third-order valence-electron chi connectivity index (χ3n) is 4.22. The second kappa shape index (κ2) is 5.92. The molecule has 0 aliphatic heterocycles. The summed E-state index contributed by atoms with van der Waals surface area (Å²) in [7, 11) is 0. The predicted octanol–water partition coefficient (Wildman–Crippen LogP) is 4.34. The van der Waals surface area contributed by atoms with Gasteiger partial charge in [0.2, 0.25) is 0 Å². The molecule has 0 saturated heterocycles. The molecule has 2 atom stereocenters. The molecule has 0 amide bonds. The van der Waals surface area contributed by atoms with Gasteiger partial charge in [-0.1, -0.05) is 42.5 Å². The van der Waals surface area contributed by atoms with Crippen LogP contribution in [0.15, 0.2) is 53.6 Å². The monoisotopic (exact) mass is 271 g/mol. The van der Waals surface area contributed by atoms with Gasteiger partial charge in [-0.05, 0) is 48.9 Å². The van der Waals surface area contributed by atoms with E-state index in [-0.39, 0.29) is 6.04 Å². The zero-order valence-corrected chi connectivity index (χ0v) is 12.0. The number of benzene rings is 1. The molecule has 1 saturated carbocycles. The van der Waals surface area contributed by atoms with Crippen LogP contribution in [0, 0.1) is 5.92 Å². The van der Waals surface area contributed by atoms with Gasteiger partial charge in [0.15, 0.2) is 0 Å². The van der Waals surface area contributed by atoms with E-state index in [1.165, 1.54) is 24.0 Å². The Morgan fingerprint density at radius 2 is 2.00 bits per heavy atom. The van der Waals surface area contributed by atoms with E-state index < -0.39 is 6.17 Å². The van der Waals surface area contributed by atoms with Crippen molar-refractivity contribution in [3.05, 3.63) is 59.2 Å². The third-order valence-corrected chi connectivity index (χ3v) is 4.22. The van der Waals surface area contributed by atoms with Gasteiger partial charge < -0.3 is 5.32 Å². The molecule has 0 spiro atoms. The molecular formula is C18H22FN. The molecule has 2 aliphatic rings. The number of hydrogen-bond donors (Lipinski definition) is 1. The Kier molecular flexibility index (Phi) is 4.02. The Balaban J connectivity index is 1.81. The lowest BCUT2D eigenvalue weighted by molar-refractivity contribution is 0.379. The fraction of sp³-hybridized carbons (Fsp3) is 0.444. The lowest BCUT2D eigenvalue weighted by Crippen LogP contribution is -2.26. The van der Waals surface area contributed by atoms with Crippen molar-refractivity contribution in [2.75, 3.05) is 6.54 Å². The lowest BCUT2D eigenvalue weighted by Gasteiger charge is -2.24. The smallest absolute Gasteiger partial charge is 0.125 e. The minimum Gasteiger partial charge on any atom is -0.306 e. The first-order chi connectivity index (χ1) is 9.74. The standard InChI is InChI=1S/C18H22FN/c1-13-11-16(9-10-17(13)19)18(20-12-14-7-8-14)15-5-3-2-4-6-15/h2-6,9,11,14,17-18,20H,7-8,10,12H2,1H3. The van der Waals surface area contributed by atoms with Crippen LogP contribution in [0.4, 0.5) is 4.39 Å². The molecule has 106 valence electrons. The Morgan fingerprint density at radius 3 is 2.65 bits per heavy atom. The number of hydrogen-bond acceptors (Lipinski definition) is 1. The Hall–Kier alpha value is -1.41. The van der Waals surface area contributed by atoms with Gasteiger partial charge in [0, 0.05) is 6.42 Å². The molecule has 20 heavy (non-hydrogen) atoms. The molecule has 1 nitrogen and oxygen atoms in total. The van der Waals surface area contributed by atoms with Crippen LogP contribution in [-0.2, 0) is 0 Å². The topological polar surface area (TPSA) is 12.0 Å². The molecule has 2 unspecified atom stereocenters. The maximum Gasteiger partial charge on any atom is 0.125 e. The highest BCUT2D eigenvalue weighted by atomic mass is 19.1. The predicted molar refractivity (Wildman–Crippen MR) is 81.3 cm³/mol. The summed E-state index contributed by atoms with van der Waals surface area (Å²) in [5.41, 5.74) is 3.32. The minimum atomic E-state index is -0.807. The van der Waals surface area contributed by atoms with Crippen LogP contribution in [0.1, 0.15) is 37.8 Å². The van der Waals surface area contributed by atoms with Crippen molar-refractivity contribution in [3.8, 4) is 0 Å². The highest BCUT2D eigenvalue weighted by molar-refractivity contribution is 5.39.